The number of nitrogens with two attached hydrogens (primary N) is 1. The van der Waals surface area contributed by atoms with Crippen molar-refractivity contribution in [1.82, 2.24) is 10.2 Å². The first-order valence-corrected chi connectivity index (χ1v) is 7.06. The number of hydrogen-bond acceptors (Lipinski definition) is 3. The lowest BCUT2D eigenvalue weighted by atomic mass is 10.1. The van der Waals surface area contributed by atoms with Gasteiger partial charge in [-0.15, -0.1) is 0 Å². The lowest BCUT2D eigenvalue weighted by Gasteiger charge is -2.20. The molecule has 0 unspecified atom stereocenters. The number of nitrogens with one attached hydrogen (secondary N) is 1. The van der Waals surface area contributed by atoms with E-state index in [1.165, 1.54) is 12.1 Å². The predicted molar refractivity (Wildman–Crippen MR) is 82.0 cm³/mol. The second kappa shape index (κ2) is 9.11. The maximum Gasteiger partial charge on any atom is 0.234 e. The molecule has 0 aromatic heterocycles. The highest BCUT2D eigenvalue weighted by Gasteiger charge is 2.10. The standard InChI is InChI=1S/C16H22FN3O/c1-3-19-16(21)12-20(4-2)11-14-8-13(6-5-7-18)9-15(17)10-14/h8-10H,3-4,7,11-12,18H2,1-2H3,(H,19,21). The molecular weight excluding hydrogens is 269 g/mol. The van der Waals surface area contributed by atoms with Gasteiger partial charge in [-0.2, -0.15) is 0 Å². The van der Waals surface area contributed by atoms with Gasteiger partial charge in [0.1, 0.15) is 5.82 Å². The lowest BCUT2D eigenvalue weighted by molar-refractivity contribution is -0.122. The third-order valence-corrected chi connectivity index (χ3v) is 2.89. The summed E-state index contributed by atoms with van der Waals surface area (Å²) in [5, 5.41) is 2.76. The van der Waals surface area contributed by atoms with Gasteiger partial charge in [-0.25, -0.2) is 4.39 Å². The average molecular weight is 291 g/mol. The van der Waals surface area contributed by atoms with Crippen molar-refractivity contribution in [2.45, 2.75) is 20.4 Å². The molecule has 0 aliphatic heterocycles. The van der Waals surface area contributed by atoms with E-state index in [9.17, 15) is 9.18 Å². The zero-order valence-corrected chi connectivity index (χ0v) is 12.6. The highest BCUT2D eigenvalue weighted by molar-refractivity contribution is 5.77. The van der Waals surface area contributed by atoms with Crippen molar-refractivity contribution < 1.29 is 9.18 Å². The van der Waals surface area contributed by atoms with Gasteiger partial charge in [0.15, 0.2) is 0 Å². The number of hydrogen-bond donors (Lipinski definition) is 2. The molecule has 0 spiro atoms. The molecule has 0 heterocycles. The summed E-state index contributed by atoms with van der Waals surface area (Å²) in [5.41, 5.74) is 6.71. The number of carbonyl (C=O) groups excluding carboxylic acids is 1. The highest BCUT2D eigenvalue weighted by atomic mass is 19.1. The fourth-order valence-electron chi connectivity index (χ4n) is 1.96. The van der Waals surface area contributed by atoms with E-state index in [0.29, 0.717) is 31.7 Å². The summed E-state index contributed by atoms with van der Waals surface area (Å²) >= 11 is 0. The van der Waals surface area contributed by atoms with E-state index in [0.717, 1.165) is 5.56 Å². The Morgan fingerprint density at radius 2 is 2.14 bits per heavy atom. The summed E-state index contributed by atoms with van der Waals surface area (Å²) in [6, 6.07) is 4.67. The molecular formula is C16H22FN3O. The Morgan fingerprint density at radius 3 is 2.76 bits per heavy atom. The van der Waals surface area contributed by atoms with Crippen molar-refractivity contribution in [3.8, 4) is 11.8 Å². The van der Waals surface area contributed by atoms with Crippen molar-refractivity contribution in [3.05, 3.63) is 35.1 Å². The van der Waals surface area contributed by atoms with Gasteiger partial charge in [-0.1, -0.05) is 18.8 Å². The van der Waals surface area contributed by atoms with Gasteiger partial charge in [0.25, 0.3) is 0 Å². The minimum absolute atomic E-state index is 0.0288. The minimum Gasteiger partial charge on any atom is -0.355 e. The van der Waals surface area contributed by atoms with Crippen LogP contribution in [0, 0.1) is 17.7 Å². The van der Waals surface area contributed by atoms with Gasteiger partial charge >= 0.3 is 0 Å². The van der Waals surface area contributed by atoms with Crippen LogP contribution in [0.3, 0.4) is 0 Å². The van der Waals surface area contributed by atoms with Crippen molar-refractivity contribution in [3.63, 3.8) is 0 Å². The summed E-state index contributed by atoms with van der Waals surface area (Å²) in [7, 11) is 0. The molecule has 21 heavy (non-hydrogen) atoms. The van der Waals surface area contributed by atoms with E-state index < -0.39 is 0 Å². The van der Waals surface area contributed by atoms with Crippen LogP contribution in [-0.4, -0.2) is 37.0 Å². The Bertz CT molecular complexity index is 534. The molecule has 3 N–H and O–H groups in total. The molecule has 114 valence electrons. The molecule has 1 amide bonds. The largest absolute Gasteiger partial charge is 0.355 e. The Balaban J connectivity index is 2.79. The number of halogens is 1. The number of nitrogens with zero attached hydrogens (tertiary/aromatic N) is 1. The molecule has 0 radical (unpaired) electrons. The zero-order chi connectivity index (χ0) is 15.7. The molecule has 0 bridgehead atoms. The van der Waals surface area contributed by atoms with Gasteiger partial charge in [0.2, 0.25) is 5.91 Å². The van der Waals surface area contributed by atoms with Crippen LogP contribution in [0.1, 0.15) is 25.0 Å². The molecule has 1 aromatic rings. The SMILES string of the molecule is CCNC(=O)CN(CC)Cc1cc(F)cc(C#CCN)c1. The van der Waals surface area contributed by atoms with Crippen LogP contribution in [0.2, 0.25) is 0 Å². The molecule has 0 saturated carbocycles. The maximum absolute atomic E-state index is 13.6. The van der Waals surface area contributed by atoms with Crippen molar-refractivity contribution >= 4 is 5.91 Å². The van der Waals surface area contributed by atoms with Crippen molar-refractivity contribution in [2.24, 2.45) is 5.73 Å². The molecule has 0 aliphatic carbocycles. The highest BCUT2D eigenvalue weighted by Crippen LogP contribution is 2.11. The Labute approximate surface area is 125 Å². The molecule has 5 heteroatoms. The monoisotopic (exact) mass is 291 g/mol. The number of carbonyl (C=O) groups is 1. The second-order valence-corrected chi connectivity index (χ2v) is 4.61. The third-order valence-electron chi connectivity index (χ3n) is 2.89. The average Bonchev–Trinajstić information content (AvgIpc) is 2.44. The molecule has 0 aliphatic rings. The topological polar surface area (TPSA) is 58.4 Å². The number of rotatable bonds is 6. The van der Waals surface area contributed by atoms with Gasteiger partial charge in [0.05, 0.1) is 13.1 Å². The van der Waals surface area contributed by atoms with Gasteiger partial charge in [-0.05, 0) is 37.2 Å². The smallest absolute Gasteiger partial charge is 0.234 e. The molecule has 1 rings (SSSR count). The summed E-state index contributed by atoms with van der Waals surface area (Å²) in [6.45, 7) is 6.20. The first-order chi connectivity index (χ1) is 10.1. The summed E-state index contributed by atoms with van der Waals surface area (Å²) < 4.78 is 13.6. The lowest BCUT2D eigenvalue weighted by Crippen LogP contribution is -2.36. The number of benzene rings is 1. The Morgan fingerprint density at radius 1 is 1.38 bits per heavy atom. The first-order valence-electron chi connectivity index (χ1n) is 7.06. The number of amides is 1. The zero-order valence-electron chi connectivity index (χ0n) is 12.6. The van der Waals surface area contributed by atoms with Crippen LogP contribution >= 0.6 is 0 Å². The van der Waals surface area contributed by atoms with Crippen LogP contribution in [-0.2, 0) is 11.3 Å². The van der Waals surface area contributed by atoms with E-state index in [1.54, 1.807) is 0 Å². The van der Waals surface area contributed by atoms with Gasteiger partial charge in [-0.3, -0.25) is 9.69 Å². The Hall–Kier alpha value is -1.90. The minimum atomic E-state index is -0.331. The second-order valence-electron chi connectivity index (χ2n) is 4.61. The molecule has 4 nitrogen and oxygen atoms in total. The van der Waals surface area contributed by atoms with Crippen LogP contribution < -0.4 is 11.1 Å². The van der Waals surface area contributed by atoms with Crippen molar-refractivity contribution in [1.29, 1.82) is 0 Å². The van der Waals surface area contributed by atoms with E-state index >= 15 is 0 Å². The van der Waals surface area contributed by atoms with Crippen LogP contribution in [0.5, 0.6) is 0 Å². The fraction of sp³-hybridized carbons (Fsp3) is 0.438. The third kappa shape index (κ3) is 6.39. The maximum atomic E-state index is 13.6. The van der Waals surface area contributed by atoms with E-state index in [2.05, 4.69) is 17.2 Å². The predicted octanol–water partition coefficient (Wildman–Crippen LogP) is 1.09. The molecule has 0 saturated heterocycles. The van der Waals surface area contributed by atoms with Gasteiger partial charge in [0, 0.05) is 18.7 Å². The van der Waals surface area contributed by atoms with Crippen molar-refractivity contribution in [2.75, 3.05) is 26.2 Å². The van der Waals surface area contributed by atoms with E-state index in [4.69, 9.17) is 5.73 Å². The Kier molecular flexibility index (Phi) is 7.44. The van der Waals surface area contributed by atoms with E-state index in [-0.39, 0.29) is 18.3 Å². The van der Waals surface area contributed by atoms with Crippen LogP contribution in [0.4, 0.5) is 4.39 Å². The molecule has 0 atom stereocenters. The molecule has 1 aromatic carbocycles. The van der Waals surface area contributed by atoms with E-state index in [1.807, 2.05) is 24.8 Å². The summed E-state index contributed by atoms with van der Waals surface area (Å²) in [5.74, 6) is 5.17. The first kappa shape index (κ1) is 17.2. The number of likely N-dealkylation sites (N-methyl/N-ethyl adjacent to an activating group) is 2. The normalized spacial score (nSPS) is 10.1. The summed E-state index contributed by atoms with van der Waals surface area (Å²) in [6.07, 6.45) is 0. The van der Waals surface area contributed by atoms with Crippen LogP contribution in [0.15, 0.2) is 18.2 Å². The van der Waals surface area contributed by atoms with Crippen LogP contribution in [0.25, 0.3) is 0 Å². The quantitative estimate of drug-likeness (QED) is 0.772. The summed E-state index contributed by atoms with van der Waals surface area (Å²) in [4.78, 5) is 13.6. The fourth-order valence-corrected chi connectivity index (χ4v) is 1.96. The molecule has 0 fully saturated rings. The van der Waals surface area contributed by atoms with Gasteiger partial charge < -0.3 is 11.1 Å².